The fraction of sp³-hybridized carbons (Fsp3) is 0.565. The minimum absolute atomic E-state index is 0.0340. The van der Waals surface area contributed by atoms with E-state index >= 15 is 0 Å². The zero-order valence-electron chi connectivity index (χ0n) is 21.3. The van der Waals surface area contributed by atoms with Crippen molar-refractivity contribution in [3.63, 3.8) is 0 Å². The van der Waals surface area contributed by atoms with Gasteiger partial charge in [-0.3, -0.25) is 44.0 Å². The van der Waals surface area contributed by atoms with Crippen molar-refractivity contribution in [3.05, 3.63) is 34.4 Å². The van der Waals surface area contributed by atoms with E-state index in [4.69, 9.17) is 15.3 Å². The Bertz CT molecular complexity index is 882. The molecule has 0 unspecified atom stereocenters. The van der Waals surface area contributed by atoms with Gasteiger partial charge in [-0.15, -0.1) is 0 Å². The molecular weight excluding hydrogens is 506 g/mol. The molecule has 0 saturated carbocycles. The van der Waals surface area contributed by atoms with Crippen molar-refractivity contribution in [2.75, 3.05) is 78.5 Å². The second-order valence-corrected chi connectivity index (χ2v) is 8.41. The second-order valence-electron chi connectivity index (χ2n) is 8.41. The van der Waals surface area contributed by atoms with Crippen LogP contribution >= 0.6 is 0 Å². The van der Waals surface area contributed by atoms with E-state index in [9.17, 15) is 29.3 Å². The molecule has 1 aliphatic heterocycles. The molecule has 1 aliphatic rings. The van der Waals surface area contributed by atoms with Gasteiger partial charge in [-0.2, -0.15) is 0 Å². The number of carboxylic acids is 3. The van der Waals surface area contributed by atoms with Gasteiger partial charge in [0.05, 0.1) is 24.6 Å². The fourth-order valence-corrected chi connectivity index (χ4v) is 3.64. The highest BCUT2D eigenvalue weighted by Crippen LogP contribution is 2.16. The lowest BCUT2D eigenvalue weighted by Gasteiger charge is -2.32. The molecule has 0 aromatic heterocycles. The number of carboxylic acid groups (broad SMARTS) is 3. The number of likely N-dealkylation sites (N-methyl/N-ethyl adjacent to an activating group) is 1. The Hall–Kier alpha value is -3.66. The summed E-state index contributed by atoms with van der Waals surface area (Å²) in [7, 11) is 0. The number of non-ortho nitro benzene ring substituents is 1. The van der Waals surface area contributed by atoms with Gasteiger partial charge in [0.25, 0.3) is 12.2 Å². The third-order valence-electron chi connectivity index (χ3n) is 5.69. The summed E-state index contributed by atoms with van der Waals surface area (Å²) in [5.74, 6) is -2.48. The number of nitro benzene ring substituents is 1. The van der Waals surface area contributed by atoms with Crippen molar-refractivity contribution in [3.8, 4) is 5.75 Å². The molecule has 1 aromatic rings. The van der Waals surface area contributed by atoms with E-state index in [0.717, 1.165) is 6.54 Å². The van der Waals surface area contributed by atoms with Crippen LogP contribution < -0.4 is 4.74 Å². The number of benzene rings is 1. The molecule has 3 N–H and O–H groups in total. The van der Waals surface area contributed by atoms with Crippen molar-refractivity contribution in [1.29, 1.82) is 0 Å². The summed E-state index contributed by atoms with van der Waals surface area (Å²) in [6.45, 7) is 7.03. The Kier molecular flexibility index (Phi) is 15.1. The van der Waals surface area contributed by atoms with Gasteiger partial charge in [0.2, 0.25) is 0 Å². The molecule has 212 valence electrons. The topological polar surface area (TPSA) is 194 Å². The van der Waals surface area contributed by atoms with Gasteiger partial charge in [-0.25, -0.2) is 0 Å². The third kappa shape index (κ3) is 14.2. The molecule has 0 aliphatic carbocycles. The average Bonchev–Trinajstić information content (AvgIpc) is 2.84. The predicted octanol–water partition coefficient (Wildman–Crippen LogP) is -0.388. The van der Waals surface area contributed by atoms with Gasteiger partial charge in [0.15, 0.2) is 0 Å². The van der Waals surface area contributed by atoms with Gasteiger partial charge in [-0.05, 0) is 18.7 Å². The monoisotopic (exact) mass is 541 g/mol. The lowest BCUT2D eigenvalue weighted by atomic mass is 10.3. The maximum atomic E-state index is 11.1. The summed E-state index contributed by atoms with van der Waals surface area (Å²) in [6.07, 6.45) is 0. The van der Waals surface area contributed by atoms with Gasteiger partial charge < -0.3 is 25.0 Å². The number of carbonyl (C=O) groups excluding carboxylic acids is 1. The van der Waals surface area contributed by atoms with Crippen LogP contribution in [0.15, 0.2) is 24.3 Å². The summed E-state index contributed by atoms with van der Waals surface area (Å²) in [6, 6.07) is 5.23. The zero-order chi connectivity index (χ0) is 28.5. The summed E-state index contributed by atoms with van der Waals surface area (Å²) in [5, 5.41) is 37.4. The Morgan fingerprint density at radius 1 is 0.789 bits per heavy atom. The van der Waals surface area contributed by atoms with Crippen molar-refractivity contribution < 1.29 is 44.2 Å². The Morgan fingerprint density at radius 2 is 1.13 bits per heavy atom. The SMILES string of the molecule is CCN1CCN(CC(=O)O)CCN(CC(=O)O)CCN(CC(=O)O)CC1.O=COc1ccc([N+](=O)[O-])cc1. The molecule has 15 heteroatoms. The van der Waals surface area contributed by atoms with Crippen LogP contribution in [0.25, 0.3) is 0 Å². The van der Waals surface area contributed by atoms with Gasteiger partial charge in [-0.1, -0.05) is 6.92 Å². The zero-order valence-corrected chi connectivity index (χ0v) is 21.3. The molecule has 0 spiro atoms. The third-order valence-corrected chi connectivity index (χ3v) is 5.69. The number of nitrogens with zero attached hydrogens (tertiary/aromatic N) is 5. The van der Waals surface area contributed by atoms with Crippen LogP contribution in [0.1, 0.15) is 6.92 Å². The minimum Gasteiger partial charge on any atom is -0.480 e. The Morgan fingerprint density at radius 3 is 1.39 bits per heavy atom. The maximum Gasteiger partial charge on any atom is 0.317 e. The van der Waals surface area contributed by atoms with E-state index in [-0.39, 0.29) is 37.5 Å². The van der Waals surface area contributed by atoms with Crippen molar-refractivity contribution >= 4 is 30.1 Å². The number of nitro groups is 1. The smallest absolute Gasteiger partial charge is 0.317 e. The lowest BCUT2D eigenvalue weighted by molar-refractivity contribution is -0.384. The molecule has 0 radical (unpaired) electrons. The second kappa shape index (κ2) is 17.7. The van der Waals surface area contributed by atoms with Crippen LogP contribution in [-0.4, -0.2) is 143 Å². The van der Waals surface area contributed by atoms with Crippen molar-refractivity contribution in [2.24, 2.45) is 0 Å². The Balaban J connectivity index is 0.000000499. The van der Waals surface area contributed by atoms with E-state index in [1.165, 1.54) is 24.3 Å². The van der Waals surface area contributed by atoms with E-state index in [1.54, 1.807) is 4.90 Å². The number of aliphatic carboxylic acids is 3. The Labute approximate surface area is 219 Å². The van der Waals surface area contributed by atoms with Crippen LogP contribution in [0.5, 0.6) is 5.75 Å². The molecule has 38 heavy (non-hydrogen) atoms. The number of ether oxygens (including phenoxy) is 1. The first kappa shape index (κ1) is 32.4. The van der Waals surface area contributed by atoms with Crippen LogP contribution in [0, 0.1) is 10.1 Å². The molecule has 0 amide bonds. The standard InChI is InChI=1S/C16H30N4O6.C7H5NO4/c1-2-17-3-5-18(11-14(21)22)7-9-20(13-16(25)26)10-8-19(6-4-17)12-15(23)24;9-5-12-7-3-1-6(2-4-7)8(10)11/h2-13H2,1H3,(H,21,22)(H,23,24)(H,25,26);1-5H. The van der Waals surface area contributed by atoms with E-state index < -0.39 is 22.8 Å². The predicted molar refractivity (Wildman–Crippen MR) is 134 cm³/mol. The van der Waals surface area contributed by atoms with Gasteiger partial charge in [0.1, 0.15) is 5.75 Å². The van der Waals surface area contributed by atoms with Crippen LogP contribution in [0.4, 0.5) is 5.69 Å². The number of rotatable bonds is 10. The van der Waals surface area contributed by atoms with Crippen LogP contribution in [0.3, 0.4) is 0 Å². The molecule has 1 aromatic carbocycles. The van der Waals surface area contributed by atoms with Crippen molar-refractivity contribution in [1.82, 2.24) is 19.6 Å². The van der Waals surface area contributed by atoms with Gasteiger partial charge in [0, 0.05) is 64.5 Å². The molecule has 1 fully saturated rings. The van der Waals surface area contributed by atoms with E-state index in [0.29, 0.717) is 52.4 Å². The summed E-state index contributed by atoms with van der Waals surface area (Å²) >= 11 is 0. The summed E-state index contributed by atoms with van der Waals surface area (Å²) in [5.41, 5.74) is -0.0340. The maximum absolute atomic E-state index is 11.1. The normalized spacial score (nSPS) is 16.7. The molecule has 0 bridgehead atoms. The molecule has 1 saturated heterocycles. The highest BCUT2D eigenvalue weighted by Gasteiger charge is 2.19. The van der Waals surface area contributed by atoms with E-state index in [1.807, 2.05) is 16.7 Å². The highest BCUT2D eigenvalue weighted by molar-refractivity contribution is 5.69. The average molecular weight is 542 g/mol. The molecule has 2 rings (SSSR count). The first-order valence-electron chi connectivity index (χ1n) is 11.9. The summed E-state index contributed by atoms with van der Waals surface area (Å²) in [4.78, 5) is 60.2. The van der Waals surface area contributed by atoms with Crippen molar-refractivity contribution in [2.45, 2.75) is 6.92 Å². The molecular formula is C23H35N5O10. The molecule has 15 nitrogen and oxygen atoms in total. The minimum atomic E-state index is -0.955. The largest absolute Gasteiger partial charge is 0.480 e. The van der Waals surface area contributed by atoms with Crippen LogP contribution in [-0.2, 0) is 19.2 Å². The first-order valence-corrected chi connectivity index (χ1v) is 11.9. The molecule has 1 heterocycles. The summed E-state index contributed by atoms with van der Waals surface area (Å²) < 4.78 is 4.44. The molecule has 0 atom stereocenters. The number of hydrogen-bond donors (Lipinski definition) is 3. The van der Waals surface area contributed by atoms with E-state index in [2.05, 4.69) is 9.64 Å². The highest BCUT2D eigenvalue weighted by atomic mass is 16.6. The quantitative estimate of drug-likeness (QED) is 0.197. The first-order chi connectivity index (χ1) is 18.0. The number of hydrogen-bond acceptors (Lipinski definition) is 11. The number of carbonyl (C=O) groups is 4. The van der Waals surface area contributed by atoms with Crippen LogP contribution in [0.2, 0.25) is 0 Å². The lowest BCUT2D eigenvalue weighted by Crippen LogP contribution is -2.48. The fourth-order valence-electron chi connectivity index (χ4n) is 3.64. The van der Waals surface area contributed by atoms with Gasteiger partial charge >= 0.3 is 17.9 Å².